The van der Waals surface area contributed by atoms with Crippen molar-refractivity contribution in [1.29, 1.82) is 0 Å². The molecule has 3 heterocycles. The number of allylic oxidation sites excluding steroid dienone is 1. The van der Waals surface area contributed by atoms with Crippen molar-refractivity contribution in [1.82, 2.24) is 9.55 Å². The lowest BCUT2D eigenvalue weighted by atomic mass is 10.1. The largest absolute Gasteiger partial charge is 0.316 e. The lowest BCUT2D eigenvalue weighted by molar-refractivity contribution is 1.17. The average Bonchev–Trinajstić information content (AvgIpc) is 2.59. The molecule has 4 rings (SSSR count). The standard InChI is InChI=1S/C15H10N2O/c18-15-13-11-6-1-4-10-5-3-9-17(14(10)11)12(13)7-2-8-16-15/h1-4,6-9H,5H2. The van der Waals surface area contributed by atoms with Crippen molar-refractivity contribution in [3.05, 3.63) is 58.5 Å². The summed E-state index contributed by atoms with van der Waals surface area (Å²) in [6.07, 6.45) is 6.63. The molecule has 18 heavy (non-hydrogen) atoms. The highest BCUT2D eigenvalue weighted by atomic mass is 16.1. The molecule has 0 unspecified atom stereocenters. The molecular formula is C15H10N2O. The Morgan fingerprint density at radius 1 is 1.17 bits per heavy atom. The van der Waals surface area contributed by atoms with Gasteiger partial charge in [0, 0.05) is 17.8 Å². The van der Waals surface area contributed by atoms with E-state index in [4.69, 9.17) is 0 Å². The fraction of sp³-hybridized carbons (Fsp3) is 0.0667. The molecule has 0 aliphatic carbocycles. The highest BCUT2D eigenvalue weighted by Gasteiger charge is 2.15. The Labute approximate surface area is 103 Å². The van der Waals surface area contributed by atoms with Crippen LogP contribution in [0.25, 0.3) is 28.0 Å². The Morgan fingerprint density at radius 3 is 3.06 bits per heavy atom. The van der Waals surface area contributed by atoms with Crippen molar-refractivity contribution in [3.63, 3.8) is 0 Å². The van der Waals surface area contributed by atoms with Gasteiger partial charge in [0.05, 0.1) is 16.4 Å². The monoisotopic (exact) mass is 234 g/mol. The summed E-state index contributed by atoms with van der Waals surface area (Å²) in [5, 5.41) is 1.71. The van der Waals surface area contributed by atoms with Gasteiger partial charge in [-0.15, -0.1) is 0 Å². The molecule has 0 atom stereocenters. The van der Waals surface area contributed by atoms with Gasteiger partial charge < -0.3 is 4.57 Å². The number of rotatable bonds is 0. The number of hydrogen-bond donors (Lipinski definition) is 0. The van der Waals surface area contributed by atoms with Crippen LogP contribution in [-0.4, -0.2) is 9.55 Å². The molecule has 3 heteroatoms. The van der Waals surface area contributed by atoms with Gasteiger partial charge in [0.25, 0.3) is 5.56 Å². The van der Waals surface area contributed by atoms with Crippen molar-refractivity contribution in [2.24, 2.45) is 0 Å². The third kappa shape index (κ3) is 1.08. The molecule has 2 aromatic heterocycles. The highest BCUT2D eigenvalue weighted by Crippen LogP contribution is 2.31. The maximum Gasteiger partial charge on any atom is 0.279 e. The summed E-state index contributed by atoms with van der Waals surface area (Å²) in [6.45, 7) is 0. The van der Waals surface area contributed by atoms with Crippen LogP contribution < -0.4 is 5.56 Å². The van der Waals surface area contributed by atoms with Crippen molar-refractivity contribution in [3.8, 4) is 0 Å². The molecule has 0 saturated carbocycles. The minimum atomic E-state index is -0.161. The summed E-state index contributed by atoms with van der Waals surface area (Å²) in [5.41, 5.74) is 3.16. The summed E-state index contributed by atoms with van der Waals surface area (Å²) in [4.78, 5) is 16.0. The first kappa shape index (κ1) is 9.59. The van der Waals surface area contributed by atoms with Crippen LogP contribution in [0, 0.1) is 0 Å². The number of benzene rings is 1. The Balaban J connectivity index is 2.45. The van der Waals surface area contributed by atoms with Crippen LogP contribution in [0.15, 0.2) is 47.4 Å². The third-order valence-corrected chi connectivity index (χ3v) is 3.48. The second kappa shape index (κ2) is 3.29. The van der Waals surface area contributed by atoms with Gasteiger partial charge in [-0.05, 0) is 24.1 Å². The number of nitrogens with zero attached hydrogens (tertiary/aromatic N) is 2. The molecule has 3 nitrogen and oxygen atoms in total. The van der Waals surface area contributed by atoms with Gasteiger partial charge in [0.15, 0.2) is 0 Å². The van der Waals surface area contributed by atoms with Crippen LogP contribution in [0.5, 0.6) is 0 Å². The van der Waals surface area contributed by atoms with E-state index in [0.29, 0.717) is 5.39 Å². The lowest BCUT2D eigenvalue weighted by Crippen LogP contribution is -2.00. The zero-order chi connectivity index (χ0) is 12.1. The Morgan fingerprint density at radius 2 is 2.11 bits per heavy atom. The quantitative estimate of drug-likeness (QED) is 0.599. The van der Waals surface area contributed by atoms with E-state index in [1.165, 1.54) is 5.56 Å². The zero-order valence-electron chi connectivity index (χ0n) is 9.63. The lowest BCUT2D eigenvalue weighted by Gasteiger charge is -2.09. The van der Waals surface area contributed by atoms with Crippen LogP contribution in [0.1, 0.15) is 5.56 Å². The molecule has 0 amide bonds. The number of aromatic nitrogens is 2. The predicted octanol–water partition coefficient (Wildman–Crippen LogP) is 2.58. The van der Waals surface area contributed by atoms with Gasteiger partial charge in [-0.3, -0.25) is 4.79 Å². The van der Waals surface area contributed by atoms with Crippen LogP contribution in [-0.2, 0) is 6.42 Å². The van der Waals surface area contributed by atoms with E-state index in [0.717, 1.165) is 22.8 Å². The molecule has 0 bridgehead atoms. The van der Waals surface area contributed by atoms with Crippen LogP contribution in [0.4, 0.5) is 0 Å². The fourth-order valence-electron chi connectivity index (χ4n) is 2.76. The first-order valence-electron chi connectivity index (χ1n) is 5.94. The molecule has 0 saturated heterocycles. The van der Waals surface area contributed by atoms with Crippen LogP contribution in [0.2, 0.25) is 0 Å². The van der Waals surface area contributed by atoms with E-state index in [1.807, 2.05) is 30.5 Å². The van der Waals surface area contributed by atoms with E-state index in [9.17, 15) is 4.79 Å². The molecule has 0 spiro atoms. The van der Waals surface area contributed by atoms with Crippen molar-refractivity contribution in [2.45, 2.75) is 6.42 Å². The van der Waals surface area contributed by atoms with E-state index < -0.39 is 0 Å². The van der Waals surface area contributed by atoms with Crippen LogP contribution >= 0.6 is 0 Å². The molecule has 1 aliphatic rings. The third-order valence-electron chi connectivity index (χ3n) is 3.48. The number of para-hydroxylation sites is 1. The maximum atomic E-state index is 12.1. The molecule has 3 aromatic rings. The Bertz CT molecular complexity index is 875. The van der Waals surface area contributed by atoms with Crippen LogP contribution in [0.3, 0.4) is 0 Å². The molecule has 0 radical (unpaired) electrons. The van der Waals surface area contributed by atoms with E-state index >= 15 is 0 Å². The van der Waals surface area contributed by atoms with Gasteiger partial charge in [-0.25, -0.2) is 4.98 Å². The van der Waals surface area contributed by atoms with Gasteiger partial charge >= 0.3 is 0 Å². The normalized spacial score (nSPS) is 13.3. The second-order valence-corrected chi connectivity index (χ2v) is 4.47. The topological polar surface area (TPSA) is 34.9 Å². The van der Waals surface area contributed by atoms with Crippen molar-refractivity contribution in [2.75, 3.05) is 0 Å². The van der Waals surface area contributed by atoms with Crippen molar-refractivity contribution < 1.29 is 0 Å². The fourth-order valence-corrected chi connectivity index (χ4v) is 2.76. The van der Waals surface area contributed by atoms with Crippen molar-refractivity contribution >= 4 is 28.0 Å². The van der Waals surface area contributed by atoms with E-state index in [2.05, 4.69) is 21.7 Å². The summed E-state index contributed by atoms with van der Waals surface area (Å²) < 4.78 is 2.09. The minimum Gasteiger partial charge on any atom is -0.316 e. The number of fused-ring (bicyclic) bond motifs is 3. The molecule has 0 fully saturated rings. The first-order chi connectivity index (χ1) is 8.86. The molecular weight excluding hydrogens is 224 g/mol. The maximum absolute atomic E-state index is 12.1. The average molecular weight is 234 g/mol. The summed E-state index contributed by atoms with van der Waals surface area (Å²) >= 11 is 0. The van der Waals surface area contributed by atoms with Gasteiger partial charge in [0.1, 0.15) is 0 Å². The Hall–Kier alpha value is -2.42. The molecule has 86 valence electrons. The second-order valence-electron chi connectivity index (χ2n) is 4.47. The SMILES string of the molecule is O=c1ncccc2c1c1cccc3c1n2C=CC3. The minimum absolute atomic E-state index is 0.161. The molecule has 1 aliphatic heterocycles. The summed E-state index contributed by atoms with van der Waals surface area (Å²) in [6, 6.07) is 9.88. The number of hydrogen-bond acceptors (Lipinski definition) is 2. The van der Waals surface area contributed by atoms with Gasteiger partial charge in [-0.1, -0.05) is 24.3 Å². The zero-order valence-corrected chi connectivity index (χ0v) is 9.63. The van der Waals surface area contributed by atoms with Gasteiger partial charge in [-0.2, -0.15) is 0 Å². The smallest absolute Gasteiger partial charge is 0.279 e. The molecule has 0 N–H and O–H groups in total. The molecule has 1 aromatic carbocycles. The Kier molecular flexibility index (Phi) is 1.75. The van der Waals surface area contributed by atoms with E-state index in [-0.39, 0.29) is 5.56 Å². The first-order valence-corrected chi connectivity index (χ1v) is 5.94. The summed E-state index contributed by atoms with van der Waals surface area (Å²) in [5.74, 6) is 0. The summed E-state index contributed by atoms with van der Waals surface area (Å²) in [7, 11) is 0. The predicted molar refractivity (Wildman–Crippen MR) is 72.5 cm³/mol. The van der Waals surface area contributed by atoms with E-state index in [1.54, 1.807) is 6.20 Å². The highest BCUT2D eigenvalue weighted by molar-refractivity contribution is 6.10. The van der Waals surface area contributed by atoms with Gasteiger partial charge in [0.2, 0.25) is 0 Å².